The number of rotatable bonds is 3. The molecule has 86 valence electrons. The van der Waals surface area contributed by atoms with E-state index in [4.69, 9.17) is 0 Å². The first-order valence-corrected chi connectivity index (χ1v) is 4.90. The summed E-state index contributed by atoms with van der Waals surface area (Å²) >= 11 is 0. The van der Waals surface area contributed by atoms with Gasteiger partial charge in [0.2, 0.25) is 11.8 Å². The number of nitrogens with one attached hydrogen (secondary N) is 2. The molecule has 3 amide bonds. The van der Waals surface area contributed by atoms with Crippen molar-refractivity contribution in [2.75, 3.05) is 0 Å². The highest BCUT2D eigenvalue weighted by Crippen LogP contribution is 1.92. The molecule has 15 heavy (non-hydrogen) atoms. The average molecular weight is 215 g/mol. The molecule has 6 nitrogen and oxygen atoms in total. The summed E-state index contributed by atoms with van der Waals surface area (Å²) in [5, 5.41) is 0.845. The van der Waals surface area contributed by atoms with Gasteiger partial charge in [0.05, 0.1) is 0 Å². The van der Waals surface area contributed by atoms with E-state index in [1.165, 1.54) is 6.92 Å². The normalized spacial score (nSPS) is 9.27. The predicted molar refractivity (Wildman–Crippen MR) is 54.0 cm³/mol. The molecule has 0 aromatic rings. The molecule has 6 heteroatoms. The van der Waals surface area contributed by atoms with Gasteiger partial charge in [0.25, 0.3) is 5.91 Å². The Labute approximate surface area is 88.9 Å². The van der Waals surface area contributed by atoms with Gasteiger partial charge in [-0.15, -0.1) is 0 Å². The van der Waals surface area contributed by atoms with E-state index in [-0.39, 0.29) is 24.7 Å². The van der Waals surface area contributed by atoms with E-state index >= 15 is 0 Å². The quantitative estimate of drug-likeness (QED) is 0.656. The molecular weight excluding hydrogens is 198 g/mol. The van der Waals surface area contributed by atoms with Crippen LogP contribution in [0.2, 0.25) is 0 Å². The lowest BCUT2D eigenvalue weighted by molar-refractivity contribution is -0.149. The van der Waals surface area contributed by atoms with E-state index in [9.17, 15) is 14.4 Å². The van der Waals surface area contributed by atoms with Gasteiger partial charge in [0.1, 0.15) is 0 Å². The molecule has 2 N–H and O–H groups in total. The van der Waals surface area contributed by atoms with Crippen molar-refractivity contribution in [1.29, 1.82) is 0 Å². The minimum absolute atomic E-state index is 0.246. The molecule has 0 saturated carbocycles. The van der Waals surface area contributed by atoms with Gasteiger partial charge in [0.15, 0.2) is 0 Å². The topological polar surface area (TPSA) is 78.5 Å². The molecule has 0 aliphatic heterocycles. The van der Waals surface area contributed by atoms with Crippen LogP contribution in [0.15, 0.2) is 0 Å². The number of carbonyl (C=O) groups is 3. The molecule has 0 spiro atoms. The van der Waals surface area contributed by atoms with Crippen LogP contribution >= 0.6 is 0 Å². The molecule has 0 aliphatic carbocycles. The Morgan fingerprint density at radius 3 is 2.13 bits per heavy atom. The zero-order chi connectivity index (χ0) is 11.8. The maximum atomic E-state index is 11.4. The Morgan fingerprint density at radius 1 is 1.13 bits per heavy atom. The number of hydrazine groups is 2. The molecule has 0 unspecified atom stereocenters. The van der Waals surface area contributed by atoms with E-state index < -0.39 is 5.91 Å². The van der Waals surface area contributed by atoms with Crippen molar-refractivity contribution in [2.45, 2.75) is 40.0 Å². The first-order valence-electron chi connectivity index (χ1n) is 4.90. The highest BCUT2D eigenvalue weighted by atomic mass is 16.2. The third-order valence-electron chi connectivity index (χ3n) is 1.54. The number of carbonyl (C=O) groups excluding carboxylic acids is 3. The summed E-state index contributed by atoms with van der Waals surface area (Å²) in [6.07, 6.45) is 1.16. The largest absolute Gasteiger partial charge is 0.274 e. The van der Waals surface area contributed by atoms with Crippen LogP contribution in [0.25, 0.3) is 0 Å². The minimum atomic E-state index is -0.407. The molecule has 0 aliphatic rings. The first kappa shape index (κ1) is 13.4. The van der Waals surface area contributed by atoms with Crippen molar-refractivity contribution in [2.24, 2.45) is 0 Å². The van der Waals surface area contributed by atoms with Crippen LogP contribution in [0.5, 0.6) is 0 Å². The Morgan fingerprint density at radius 2 is 1.73 bits per heavy atom. The summed E-state index contributed by atoms with van der Waals surface area (Å²) in [4.78, 5) is 33.3. The highest BCUT2D eigenvalue weighted by molar-refractivity contribution is 5.84. The second-order valence-corrected chi connectivity index (χ2v) is 3.04. The molecule has 0 atom stereocenters. The summed E-state index contributed by atoms with van der Waals surface area (Å²) < 4.78 is 0. The van der Waals surface area contributed by atoms with Gasteiger partial charge >= 0.3 is 0 Å². The Bertz CT molecular complexity index is 253. The monoisotopic (exact) mass is 215 g/mol. The van der Waals surface area contributed by atoms with Crippen molar-refractivity contribution >= 4 is 17.7 Å². The number of hydrogen-bond acceptors (Lipinski definition) is 3. The van der Waals surface area contributed by atoms with Crippen LogP contribution in [0.1, 0.15) is 40.0 Å². The molecule has 0 radical (unpaired) electrons. The maximum Gasteiger partial charge on any atom is 0.260 e. The molecule has 0 fully saturated rings. The smallest absolute Gasteiger partial charge is 0.260 e. The fourth-order valence-corrected chi connectivity index (χ4v) is 0.840. The Kier molecular flexibility index (Phi) is 6.08. The zero-order valence-electron chi connectivity index (χ0n) is 9.29. The maximum absolute atomic E-state index is 11.4. The van der Waals surface area contributed by atoms with Gasteiger partial charge in [-0.05, 0) is 6.42 Å². The van der Waals surface area contributed by atoms with E-state index in [0.29, 0.717) is 6.42 Å². The number of nitrogens with zero attached hydrogens (tertiary/aromatic N) is 1. The van der Waals surface area contributed by atoms with E-state index in [1.807, 2.05) is 6.92 Å². The van der Waals surface area contributed by atoms with E-state index in [0.717, 1.165) is 5.12 Å². The summed E-state index contributed by atoms with van der Waals surface area (Å²) in [6, 6.07) is 0. The molecule has 0 rings (SSSR count). The lowest BCUT2D eigenvalue weighted by Crippen LogP contribution is -2.55. The lowest BCUT2D eigenvalue weighted by Gasteiger charge is -2.22. The molecule has 0 bridgehead atoms. The Hall–Kier alpha value is -1.59. The van der Waals surface area contributed by atoms with Gasteiger partial charge in [-0.3, -0.25) is 14.4 Å². The van der Waals surface area contributed by atoms with E-state index in [2.05, 4.69) is 10.9 Å². The highest BCUT2D eigenvalue weighted by Gasteiger charge is 2.15. The summed E-state index contributed by atoms with van der Waals surface area (Å²) in [5.74, 6) is -1.07. The Balaban J connectivity index is 4.36. The van der Waals surface area contributed by atoms with Crippen molar-refractivity contribution < 1.29 is 14.4 Å². The van der Waals surface area contributed by atoms with Crippen molar-refractivity contribution in [3.05, 3.63) is 0 Å². The van der Waals surface area contributed by atoms with Crippen LogP contribution < -0.4 is 10.9 Å². The molecule has 0 heterocycles. The lowest BCUT2D eigenvalue weighted by atomic mass is 10.3. The van der Waals surface area contributed by atoms with Crippen LogP contribution in [-0.4, -0.2) is 22.8 Å². The van der Waals surface area contributed by atoms with Gasteiger partial charge in [-0.25, -0.2) is 10.9 Å². The second-order valence-electron chi connectivity index (χ2n) is 3.04. The average Bonchev–Trinajstić information content (AvgIpc) is 2.16. The number of amides is 3. The van der Waals surface area contributed by atoms with Crippen LogP contribution in [0.4, 0.5) is 0 Å². The molecular formula is C9H17N3O3. The van der Waals surface area contributed by atoms with Crippen molar-refractivity contribution in [3.63, 3.8) is 0 Å². The van der Waals surface area contributed by atoms with Crippen LogP contribution in [-0.2, 0) is 14.4 Å². The fourth-order valence-electron chi connectivity index (χ4n) is 0.840. The van der Waals surface area contributed by atoms with Gasteiger partial charge < -0.3 is 0 Å². The van der Waals surface area contributed by atoms with Gasteiger partial charge in [-0.2, -0.15) is 5.12 Å². The fraction of sp³-hybridized carbons (Fsp3) is 0.667. The first-order chi connectivity index (χ1) is 7.01. The minimum Gasteiger partial charge on any atom is -0.274 e. The SMILES string of the molecule is CCCC(=O)N(NC(C)=O)NC(=O)CC. The van der Waals surface area contributed by atoms with Crippen LogP contribution in [0, 0.1) is 0 Å². The third-order valence-corrected chi connectivity index (χ3v) is 1.54. The molecule has 0 aromatic heterocycles. The van der Waals surface area contributed by atoms with Crippen LogP contribution in [0.3, 0.4) is 0 Å². The standard InChI is InChI=1S/C9H17N3O3/c1-4-6-9(15)12(10-7(3)13)11-8(14)5-2/h4-6H2,1-3H3,(H,10,13)(H,11,14). The number of hydrogen-bond donors (Lipinski definition) is 2. The third kappa shape index (κ3) is 5.66. The summed E-state index contributed by atoms with van der Waals surface area (Å²) in [5.41, 5.74) is 4.54. The molecule has 0 aromatic carbocycles. The predicted octanol–water partition coefficient (Wildman–Crippen LogP) is 0.107. The molecule has 0 saturated heterocycles. The van der Waals surface area contributed by atoms with Crippen molar-refractivity contribution in [3.8, 4) is 0 Å². The summed E-state index contributed by atoms with van der Waals surface area (Å²) in [6.45, 7) is 4.77. The van der Waals surface area contributed by atoms with Gasteiger partial charge in [0, 0.05) is 19.8 Å². The summed E-state index contributed by atoms with van der Waals surface area (Å²) in [7, 11) is 0. The zero-order valence-corrected chi connectivity index (χ0v) is 9.29. The van der Waals surface area contributed by atoms with Crippen molar-refractivity contribution in [1.82, 2.24) is 16.0 Å². The van der Waals surface area contributed by atoms with E-state index in [1.54, 1.807) is 6.92 Å². The second kappa shape index (κ2) is 6.80. The van der Waals surface area contributed by atoms with Gasteiger partial charge in [-0.1, -0.05) is 13.8 Å².